The number of aryl methyl sites for hydroxylation is 1. The maximum atomic E-state index is 11.3. The summed E-state index contributed by atoms with van der Waals surface area (Å²) in [4.78, 5) is 19.8. The quantitative estimate of drug-likeness (QED) is 0.778. The first-order valence-corrected chi connectivity index (χ1v) is 6.70. The molecule has 0 saturated carbocycles. The van der Waals surface area contributed by atoms with Crippen LogP contribution >= 0.6 is 0 Å². The summed E-state index contributed by atoms with van der Waals surface area (Å²) in [5.74, 6) is 0.558. The lowest BCUT2D eigenvalue weighted by molar-refractivity contribution is -0.118. The van der Waals surface area contributed by atoms with Crippen LogP contribution in [0.25, 0.3) is 11.4 Å². The maximum Gasteiger partial charge on any atom is 0.239 e. The van der Waals surface area contributed by atoms with Gasteiger partial charge in [-0.1, -0.05) is 18.6 Å². The van der Waals surface area contributed by atoms with Gasteiger partial charge in [-0.25, -0.2) is 9.97 Å². The lowest BCUT2D eigenvalue weighted by Gasteiger charge is -2.14. The Morgan fingerprint density at radius 1 is 1.43 bits per heavy atom. The smallest absolute Gasteiger partial charge is 0.239 e. The van der Waals surface area contributed by atoms with Gasteiger partial charge in [0.15, 0.2) is 5.82 Å². The first kappa shape index (κ1) is 14.8. The molecule has 2 aromatic rings. The van der Waals surface area contributed by atoms with Crippen LogP contribution in [0.1, 0.15) is 18.9 Å². The number of aromatic hydroxyl groups is 1. The molecule has 1 heterocycles. The topological polar surface area (TPSA) is 101 Å². The third kappa shape index (κ3) is 3.47. The van der Waals surface area contributed by atoms with Gasteiger partial charge in [-0.2, -0.15) is 0 Å². The van der Waals surface area contributed by atoms with Gasteiger partial charge in [-0.15, -0.1) is 0 Å². The van der Waals surface area contributed by atoms with E-state index in [0.29, 0.717) is 23.6 Å². The molecule has 0 fully saturated rings. The largest absolute Gasteiger partial charge is 0.507 e. The van der Waals surface area contributed by atoms with Gasteiger partial charge in [0, 0.05) is 6.20 Å². The first-order chi connectivity index (χ1) is 10.0. The van der Waals surface area contributed by atoms with Gasteiger partial charge in [0.2, 0.25) is 5.91 Å². The van der Waals surface area contributed by atoms with Crippen LogP contribution in [0.5, 0.6) is 5.75 Å². The van der Waals surface area contributed by atoms with Crippen molar-refractivity contribution in [1.29, 1.82) is 0 Å². The van der Waals surface area contributed by atoms with Crippen LogP contribution in [0.2, 0.25) is 0 Å². The summed E-state index contributed by atoms with van der Waals surface area (Å²) >= 11 is 0. The van der Waals surface area contributed by atoms with Gasteiger partial charge in [0.05, 0.1) is 5.56 Å². The van der Waals surface area contributed by atoms with Crippen molar-refractivity contribution in [2.24, 2.45) is 5.73 Å². The van der Waals surface area contributed by atoms with Crippen LogP contribution in [-0.2, 0) is 4.79 Å². The number of nitrogens with one attached hydrogen (secondary N) is 1. The predicted molar refractivity (Wildman–Crippen MR) is 80.8 cm³/mol. The van der Waals surface area contributed by atoms with Gasteiger partial charge in [0.1, 0.15) is 17.6 Å². The van der Waals surface area contributed by atoms with Crippen molar-refractivity contribution in [1.82, 2.24) is 9.97 Å². The molecule has 1 aromatic heterocycles. The molecule has 0 aliphatic rings. The second-order valence-corrected chi connectivity index (χ2v) is 4.79. The van der Waals surface area contributed by atoms with Gasteiger partial charge < -0.3 is 16.2 Å². The van der Waals surface area contributed by atoms with E-state index in [9.17, 15) is 9.90 Å². The third-order valence-electron chi connectivity index (χ3n) is 3.12. The van der Waals surface area contributed by atoms with Crippen LogP contribution < -0.4 is 11.1 Å². The Morgan fingerprint density at radius 3 is 2.86 bits per heavy atom. The number of carbonyl (C=O) groups excluding carboxylic acids is 1. The number of phenols is 1. The van der Waals surface area contributed by atoms with E-state index in [0.717, 1.165) is 5.56 Å². The molecule has 0 saturated heterocycles. The number of nitrogens with zero attached hydrogens (tertiary/aromatic N) is 2. The monoisotopic (exact) mass is 286 g/mol. The zero-order chi connectivity index (χ0) is 15.4. The molecule has 21 heavy (non-hydrogen) atoms. The molecule has 4 N–H and O–H groups in total. The molecule has 0 aliphatic heterocycles. The summed E-state index contributed by atoms with van der Waals surface area (Å²) in [5, 5.41) is 12.9. The molecular formula is C15H18N4O2. The number of phenolic OH excluding ortho intramolecular Hbond substituents is 1. The minimum atomic E-state index is -0.487. The molecule has 0 aliphatic carbocycles. The van der Waals surface area contributed by atoms with Crippen molar-refractivity contribution < 1.29 is 9.90 Å². The average Bonchev–Trinajstić information content (AvgIpc) is 2.47. The lowest BCUT2D eigenvalue weighted by Crippen LogP contribution is -2.35. The molecule has 1 aromatic carbocycles. The van der Waals surface area contributed by atoms with Gasteiger partial charge in [-0.3, -0.25) is 4.79 Å². The highest BCUT2D eigenvalue weighted by Crippen LogP contribution is 2.27. The highest BCUT2D eigenvalue weighted by molar-refractivity contribution is 5.82. The Hall–Kier alpha value is -2.63. The number of aromatic nitrogens is 2. The predicted octanol–water partition coefficient (Wildman–Crippen LogP) is 1.83. The van der Waals surface area contributed by atoms with Crippen LogP contribution in [0.4, 0.5) is 5.82 Å². The number of hydrogen-bond donors (Lipinski definition) is 3. The number of carbonyl (C=O) groups is 1. The van der Waals surface area contributed by atoms with Crippen molar-refractivity contribution in [2.75, 3.05) is 5.32 Å². The molecule has 0 spiro atoms. The van der Waals surface area contributed by atoms with Crippen molar-refractivity contribution in [2.45, 2.75) is 26.3 Å². The van der Waals surface area contributed by atoms with Gasteiger partial charge >= 0.3 is 0 Å². The van der Waals surface area contributed by atoms with Crippen molar-refractivity contribution >= 4 is 11.7 Å². The van der Waals surface area contributed by atoms with Crippen molar-refractivity contribution in [3.8, 4) is 17.1 Å². The van der Waals surface area contributed by atoms with E-state index in [1.807, 2.05) is 13.8 Å². The Kier molecular flexibility index (Phi) is 4.37. The summed E-state index contributed by atoms with van der Waals surface area (Å²) in [5.41, 5.74) is 6.84. The van der Waals surface area contributed by atoms with Crippen LogP contribution in [0.15, 0.2) is 30.5 Å². The van der Waals surface area contributed by atoms with E-state index in [2.05, 4.69) is 15.3 Å². The summed E-state index contributed by atoms with van der Waals surface area (Å²) in [7, 11) is 0. The normalized spacial score (nSPS) is 11.9. The Labute approximate surface area is 123 Å². The molecule has 110 valence electrons. The minimum Gasteiger partial charge on any atom is -0.507 e. The summed E-state index contributed by atoms with van der Waals surface area (Å²) < 4.78 is 0. The Morgan fingerprint density at radius 2 is 2.19 bits per heavy atom. The first-order valence-electron chi connectivity index (χ1n) is 6.70. The van der Waals surface area contributed by atoms with E-state index < -0.39 is 11.9 Å². The zero-order valence-electron chi connectivity index (χ0n) is 12.0. The summed E-state index contributed by atoms with van der Waals surface area (Å²) in [6.45, 7) is 3.78. The minimum absolute atomic E-state index is 0.111. The molecular weight excluding hydrogens is 268 g/mol. The SMILES string of the molecule is CCC(Nc1ccnc(-c2cc(C)ccc2O)n1)C(N)=O. The average molecular weight is 286 g/mol. The molecule has 0 bridgehead atoms. The number of primary amides is 1. The number of hydrogen-bond acceptors (Lipinski definition) is 5. The number of rotatable bonds is 5. The third-order valence-corrected chi connectivity index (χ3v) is 3.12. The van der Waals surface area contributed by atoms with Gasteiger partial charge in [0.25, 0.3) is 0 Å². The molecule has 1 atom stereocenters. The molecule has 1 amide bonds. The standard InChI is InChI=1S/C15H18N4O2/c1-3-11(14(16)21)18-13-6-7-17-15(19-13)10-8-9(2)4-5-12(10)20/h4-8,11,20H,3H2,1-2H3,(H2,16,21)(H,17,18,19). The van der Waals surface area contributed by atoms with Crippen molar-refractivity contribution in [3.63, 3.8) is 0 Å². The number of nitrogens with two attached hydrogens (primary N) is 1. The molecule has 6 heteroatoms. The highest BCUT2D eigenvalue weighted by Gasteiger charge is 2.14. The molecule has 2 rings (SSSR count). The Bertz CT molecular complexity index is 658. The maximum absolute atomic E-state index is 11.3. The van der Waals surface area contributed by atoms with Crippen LogP contribution in [-0.4, -0.2) is 27.0 Å². The van der Waals surface area contributed by atoms with E-state index in [4.69, 9.17) is 5.73 Å². The molecule has 1 unspecified atom stereocenters. The van der Waals surface area contributed by atoms with Crippen LogP contribution in [0, 0.1) is 6.92 Å². The zero-order valence-corrected chi connectivity index (χ0v) is 12.0. The fourth-order valence-electron chi connectivity index (χ4n) is 1.95. The second kappa shape index (κ2) is 6.21. The lowest BCUT2D eigenvalue weighted by atomic mass is 10.1. The number of benzene rings is 1. The van der Waals surface area contributed by atoms with E-state index in [1.54, 1.807) is 30.5 Å². The summed E-state index contributed by atoms with van der Waals surface area (Å²) in [6, 6.07) is 6.38. The number of amides is 1. The van der Waals surface area contributed by atoms with Crippen LogP contribution in [0.3, 0.4) is 0 Å². The van der Waals surface area contributed by atoms with Gasteiger partial charge in [-0.05, 0) is 31.5 Å². The van der Waals surface area contributed by atoms with E-state index in [1.165, 1.54) is 0 Å². The Balaban J connectivity index is 2.33. The second-order valence-electron chi connectivity index (χ2n) is 4.79. The number of anilines is 1. The molecule has 0 radical (unpaired) electrons. The van der Waals surface area contributed by atoms with E-state index >= 15 is 0 Å². The van der Waals surface area contributed by atoms with E-state index in [-0.39, 0.29) is 5.75 Å². The molecule has 6 nitrogen and oxygen atoms in total. The fourth-order valence-corrected chi connectivity index (χ4v) is 1.95. The fraction of sp³-hybridized carbons (Fsp3) is 0.267. The van der Waals surface area contributed by atoms with Crippen molar-refractivity contribution in [3.05, 3.63) is 36.0 Å². The summed E-state index contributed by atoms with van der Waals surface area (Å²) in [6.07, 6.45) is 2.13. The highest BCUT2D eigenvalue weighted by atomic mass is 16.3.